The molecule has 7 heterocycles. The van der Waals surface area contributed by atoms with Gasteiger partial charge >= 0.3 is 0 Å². The van der Waals surface area contributed by atoms with Crippen molar-refractivity contribution in [2.75, 3.05) is 87.4 Å². The van der Waals surface area contributed by atoms with E-state index in [4.69, 9.17) is 19.6 Å². The number of aromatic nitrogens is 4. The number of imidazole rings is 1. The highest BCUT2D eigenvalue weighted by Crippen LogP contribution is 2.36. The molecule has 3 aromatic heterocycles. The monoisotopic (exact) mass is 830 g/mol. The fraction of sp³-hybridized carbons (Fsp3) is 0.386. The van der Waals surface area contributed by atoms with E-state index < -0.39 is 29.7 Å². The molecule has 3 fully saturated rings. The summed E-state index contributed by atoms with van der Waals surface area (Å²) >= 11 is 0. The second-order valence-corrected chi connectivity index (χ2v) is 15.6. The fourth-order valence-corrected chi connectivity index (χ4v) is 8.60. The number of benzene rings is 2. The molecule has 9 rings (SSSR count). The van der Waals surface area contributed by atoms with Crippen LogP contribution in [0, 0.1) is 5.82 Å². The highest BCUT2D eigenvalue weighted by molar-refractivity contribution is 6.23. The van der Waals surface area contributed by atoms with E-state index in [1.165, 1.54) is 6.07 Å². The number of pyridine rings is 1. The molecule has 316 valence electrons. The first kappa shape index (κ1) is 40.1. The minimum Gasteiger partial charge on any atom is -0.383 e. The van der Waals surface area contributed by atoms with E-state index >= 15 is 0 Å². The summed E-state index contributed by atoms with van der Waals surface area (Å²) in [6.07, 6.45) is 3.95. The molecule has 0 spiro atoms. The van der Waals surface area contributed by atoms with Gasteiger partial charge < -0.3 is 24.6 Å². The minimum absolute atomic E-state index is 0.0638. The van der Waals surface area contributed by atoms with Gasteiger partial charge in [-0.15, -0.1) is 5.10 Å². The summed E-state index contributed by atoms with van der Waals surface area (Å²) in [5.41, 5.74) is 4.43. The molecule has 3 saturated heterocycles. The van der Waals surface area contributed by atoms with Gasteiger partial charge in [-0.25, -0.2) is 18.9 Å². The van der Waals surface area contributed by atoms with E-state index in [9.17, 15) is 23.6 Å². The van der Waals surface area contributed by atoms with Crippen LogP contribution in [0.4, 0.5) is 21.7 Å². The normalized spacial score (nSPS) is 19.6. The highest BCUT2D eigenvalue weighted by Gasteiger charge is 2.44. The molecule has 1 unspecified atom stereocenters. The van der Waals surface area contributed by atoms with Gasteiger partial charge in [-0.2, -0.15) is 0 Å². The van der Waals surface area contributed by atoms with E-state index in [1.807, 2.05) is 47.1 Å². The van der Waals surface area contributed by atoms with E-state index in [-0.39, 0.29) is 35.8 Å². The lowest BCUT2D eigenvalue weighted by atomic mass is 10.0. The summed E-state index contributed by atoms with van der Waals surface area (Å²) in [6.45, 7) is 7.50. The van der Waals surface area contributed by atoms with Crippen molar-refractivity contribution < 1.29 is 33.0 Å². The molecule has 4 amide bonds. The maximum absolute atomic E-state index is 14.1. The zero-order valence-electron chi connectivity index (χ0n) is 33.7. The Hall–Kier alpha value is -6.30. The van der Waals surface area contributed by atoms with Crippen LogP contribution in [-0.4, -0.2) is 131 Å². The van der Waals surface area contributed by atoms with Crippen LogP contribution in [0.25, 0.3) is 17.0 Å². The number of nitrogens with one attached hydrogen (secondary N) is 2. The van der Waals surface area contributed by atoms with E-state index in [1.54, 1.807) is 30.3 Å². The van der Waals surface area contributed by atoms with Crippen LogP contribution in [0.1, 0.15) is 58.0 Å². The number of carbonyl (C=O) groups is 4. The number of piperazine rings is 1. The Morgan fingerprint density at radius 2 is 1.61 bits per heavy atom. The van der Waals surface area contributed by atoms with Crippen molar-refractivity contribution in [2.24, 2.45) is 0 Å². The Kier molecular flexibility index (Phi) is 11.7. The molecule has 16 nitrogen and oxygen atoms in total. The van der Waals surface area contributed by atoms with Crippen LogP contribution in [0.2, 0.25) is 0 Å². The maximum Gasteiger partial charge on any atom is 0.262 e. The zero-order chi connectivity index (χ0) is 41.9. The van der Waals surface area contributed by atoms with Gasteiger partial charge in [0, 0.05) is 57.9 Å². The van der Waals surface area contributed by atoms with Gasteiger partial charge in [0.15, 0.2) is 5.65 Å². The first-order valence-electron chi connectivity index (χ1n) is 20.9. The van der Waals surface area contributed by atoms with Gasteiger partial charge in [0.2, 0.25) is 11.8 Å². The van der Waals surface area contributed by atoms with E-state index in [2.05, 4.69) is 30.3 Å². The lowest BCUT2D eigenvalue weighted by Gasteiger charge is -2.35. The van der Waals surface area contributed by atoms with Gasteiger partial charge in [-0.05, 0) is 79.4 Å². The predicted molar refractivity (Wildman–Crippen MR) is 224 cm³/mol. The molecule has 2 N–H and O–H groups in total. The molecule has 0 aliphatic carbocycles. The topological polar surface area (TPSA) is 167 Å². The number of piperidine rings is 1. The Bertz CT molecular complexity index is 2450. The second kappa shape index (κ2) is 17.7. The number of hydrogen-bond donors (Lipinski definition) is 2. The number of amides is 4. The van der Waals surface area contributed by atoms with Crippen molar-refractivity contribution in [3.63, 3.8) is 0 Å². The number of halogens is 1. The van der Waals surface area contributed by atoms with Crippen LogP contribution in [0.15, 0.2) is 79.0 Å². The highest BCUT2D eigenvalue weighted by atomic mass is 19.1. The Labute approximate surface area is 351 Å². The van der Waals surface area contributed by atoms with Crippen LogP contribution >= 0.6 is 0 Å². The third-order valence-electron chi connectivity index (χ3n) is 11.8. The molecule has 0 radical (unpaired) electrons. The number of carbonyl (C=O) groups excluding carboxylic acids is 4. The summed E-state index contributed by atoms with van der Waals surface area (Å²) < 4.78 is 27.5. The summed E-state index contributed by atoms with van der Waals surface area (Å²) in [5, 5.41) is 10.4. The number of rotatable bonds is 15. The Morgan fingerprint density at radius 3 is 2.44 bits per heavy atom. The third kappa shape index (κ3) is 8.53. The van der Waals surface area contributed by atoms with Gasteiger partial charge in [-0.1, -0.05) is 18.2 Å². The zero-order valence-corrected chi connectivity index (χ0v) is 33.7. The van der Waals surface area contributed by atoms with Crippen molar-refractivity contribution in [3.05, 3.63) is 102 Å². The fourth-order valence-electron chi connectivity index (χ4n) is 8.60. The van der Waals surface area contributed by atoms with Crippen molar-refractivity contribution in [2.45, 2.75) is 37.8 Å². The van der Waals surface area contributed by atoms with Crippen LogP contribution < -0.4 is 20.4 Å². The lowest BCUT2D eigenvalue weighted by Crippen LogP contribution is -2.54. The smallest absolute Gasteiger partial charge is 0.262 e. The summed E-state index contributed by atoms with van der Waals surface area (Å²) in [6, 6.07) is 20.8. The van der Waals surface area contributed by atoms with E-state index in [0.717, 1.165) is 91.2 Å². The quantitative estimate of drug-likeness (QED) is 0.115. The van der Waals surface area contributed by atoms with Crippen LogP contribution in [0.3, 0.4) is 0 Å². The number of ether oxygens (including phenoxy) is 2. The van der Waals surface area contributed by atoms with Gasteiger partial charge in [0.25, 0.3) is 11.8 Å². The minimum atomic E-state index is -0.995. The van der Waals surface area contributed by atoms with Gasteiger partial charge in [0.05, 0.1) is 55.5 Å². The molecule has 4 aliphatic heterocycles. The van der Waals surface area contributed by atoms with Crippen molar-refractivity contribution >= 4 is 46.6 Å². The van der Waals surface area contributed by atoms with E-state index in [0.29, 0.717) is 38.7 Å². The number of imide groups is 2. The first-order chi connectivity index (χ1) is 29.8. The molecule has 2 atom stereocenters. The van der Waals surface area contributed by atoms with Crippen LogP contribution in [-0.2, 0) is 19.1 Å². The first-order valence-corrected chi connectivity index (χ1v) is 20.9. The Balaban J connectivity index is 0.690. The average molecular weight is 831 g/mol. The molecule has 61 heavy (non-hydrogen) atoms. The second-order valence-electron chi connectivity index (χ2n) is 15.6. The lowest BCUT2D eigenvalue weighted by molar-refractivity contribution is -0.136. The van der Waals surface area contributed by atoms with Gasteiger partial charge in [0.1, 0.15) is 29.2 Å². The summed E-state index contributed by atoms with van der Waals surface area (Å²) in [7, 11) is 0. The average Bonchev–Trinajstić information content (AvgIpc) is 4.00. The number of hydrogen-bond acceptors (Lipinski definition) is 13. The standard InChI is InChI=1S/C44H47FN10O6/c45-30-5-1-4-29(26-30)35-7-3-16-53(35)40-13-12-38-47-28-37(55(38)50-40)34-6-2-8-39(48-34)52-19-17-51(18-20-52)21-23-61-25-24-60-22-15-46-31-9-10-32-33(27-31)44(59)54(43(32)58)36-11-14-41(56)49-42(36)57/h1-2,4-6,8-10,12-13,26-28,35-36,46H,3,7,11,14-25H2,(H,49,56,57)/t35-,36?/m1/s1. The number of fused-ring (bicyclic) bond motifs is 2. The molecule has 5 aromatic rings. The van der Waals surface area contributed by atoms with Crippen LogP contribution in [0.5, 0.6) is 0 Å². The SMILES string of the molecule is O=C1CCC(N2C(=O)c3ccc(NCCOCCOCCN4CCN(c5cccc(-c6cnc7ccc(N8CCC[C@@H]8c8cccc(F)c8)nn67)n5)CC4)cc3C2=O)C(=O)N1. The summed E-state index contributed by atoms with van der Waals surface area (Å²) in [5.74, 6) is -0.604. The maximum atomic E-state index is 14.1. The molecule has 0 saturated carbocycles. The molecule has 17 heteroatoms. The molecule has 2 aromatic carbocycles. The predicted octanol–water partition coefficient (Wildman–Crippen LogP) is 3.94. The van der Waals surface area contributed by atoms with Crippen molar-refractivity contribution in [3.8, 4) is 11.4 Å². The third-order valence-corrected chi connectivity index (χ3v) is 11.8. The molecule has 4 aliphatic rings. The largest absolute Gasteiger partial charge is 0.383 e. The van der Waals surface area contributed by atoms with Crippen molar-refractivity contribution in [1.29, 1.82) is 0 Å². The molecule has 0 bridgehead atoms. The Morgan fingerprint density at radius 1 is 0.787 bits per heavy atom. The summed E-state index contributed by atoms with van der Waals surface area (Å²) in [4.78, 5) is 67.4. The number of anilines is 3. The van der Waals surface area contributed by atoms with Gasteiger partial charge in [-0.3, -0.25) is 34.3 Å². The number of nitrogens with zero attached hydrogens (tertiary/aromatic N) is 8. The molecular formula is C44H47FN10O6. The van der Waals surface area contributed by atoms with Crippen molar-refractivity contribution in [1.82, 2.24) is 34.7 Å². The molecular weight excluding hydrogens is 784 g/mol.